The number of rotatable bonds is 6. The van der Waals surface area contributed by atoms with Gasteiger partial charge in [0.2, 0.25) is 0 Å². The molecule has 0 amide bonds. The molecule has 4 atom stereocenters. The Morgan fingerprint density at radius 2 is 1.04 bits per heavy atom. The zero-order valence-corrected chi connectivity index (χ0v) is 13.4. The molecular weight excluding hydrogens is 346 g/mol. The van der Waals surface area contributed by atoms with Crippen molar-refractivity contribution in [3.63, 3.8) is 0 Å². The summed E-state index contributed by atoms with van der Waals surface area (Å²) in [5.74, 6) is -3.37. The zero-order chi connectivity index (χ0) is 17.0. The van der Waals surface area contributed by atoms with E-state index in [9.17, 15) is 27.7 Å². The van der Waals surface area contributed by atoms with Gasteiger partial charge in [-0.25, -0.2) is 14.1 Å². The molecule has 0 heterocycles. The SMILES string of the molecule is O=[P+](O)[C@@H](N[C@@H](c1ccc(F)cc1)[P+](=O)O)c1ccc(F)cc1. The van der Waals surface area contributed by atoms with Crippen LogP contribution in [0.1, 0.15) is 22.7 Å². The van der Waals surface area contributed by atoms with Gasteiger partial charge < -0.3 is 0 Å². The Kier molecular flexibility index (Phi) is 5.99. The maximum Gasteiger partial charge on any atom is 0.529 e. The smallest absolute Gasteiger partial charge is 0.216 e. The molecule has 0 saturated carbocycles. The molecule has 23 heavy (non-hydrogen) atoms. The van der Waals surface area contributed by atoms with Crippen LogP contribution < -0.4 is 5.32 Å². The molecule has 0 spiro atoms. The largest absolute Gasteiger partial charge is 0.529 e. The summed E-state index contributed by atoms with van der Waals surface area (Å²) < 4.78 is 49.1. The second kappa shape index (κ2) is 7.77. The van der Waals surface area contributed by atoms with E-state index in [1.165, 1.54) is 24.3 Å². The molecule has 0 aliphatic rings. The fourth-order valence-electron chi connectivity index (χ4n) is 2.01. The minimum atomic E-state index is -2.80. The van der Waals surface area contributed by atoms with E-state index in [-0.39, 0.29) is 0 Å². The summed E-state index contributed by atoms with van der Waals surface area (Å²) in [4.78, 5) is 18.9. The molecule has 0 bridgehead atoms. The van der Waals surface area contributed by atoms with Crippen LogP contribution in [0.15, 0.2) is 48.5 Å². The molecule has 5 nitrogen and oxygen atoms in total. The van der Waals surface area contributed by atoms with E-state index in [1.807, 2.05) is 0 Å². The van der Waals surface area contributed by atoms with Crippen LogP contribution in [0.4, 0.5) is 8.78 Å². The van der Waals surface area contributed by atoms with E-state index in [1.54, 1.807) is 0 Å². The molecule has 0 fully saturated rings. The standard InChI is InChI=1S/C14H11F2NO4P2/c15-11-5-1-9(2-6-11)13(22(18)19)17-14(23(20)21)10-3-7-12(16)8-4-10/h1-8,13-14,17H/p+2/t13-,14-/m1/s1. The Hall–Kier alpha value is -1.62. The van der Waals surface area contributed by atoms with Gasteiger partial charge in [-0.15, -0.1) is 0 Å². The van der Waals surface area contributed by atoms with Crippen molar-refractivity contribution < 1.29 is 27.7 Å². The first-order valence-electron chi connectivity index (χ1n) is 6.46. The second-order valence-electron chi connectivity index (χ2n) is 4.68. The van der Waals surface area contributed by atoms with Crippen molar-refractivity contribution in [2.45, 2.75) is 11.6 Å². The van der Waals surface area contributed by atoms with Gasteiger partial charge in [0.15, 0.2) is 0 Å². The van der Waals surface area contributed by atoms with Crippen molar-refractivity contribution >= 4 is 16.1 Å². The molecule has 3 N–H and O–H groups in total. The first-order chi connectivity index (χ1) is 10.9. The summed E-state index contributed by atoms with van der Waals surface area (Å²) in [5.41, 5.74) is 0.581. The van der Waals surface area contributed by atoms with Gasteiger partial charge in [0.05, 0.1) is 0 Å². The van der Waals surface area contributed by atoms with Gasteiger partial charge in [0.1, 0.15) is 11.6 Å². The number of halogens is 2. The van der Waals surface area contributed by atoms with Gasteiger partial charge in [-0.2, -0.15) is 9.79 Å². The molecule has 2 aromatic rings. The maximum absolute atomic E-state index is 13.0. The predicted octanol–water partition coefficient (Wildman–Crippen LogP) is 3.72. The zero-order valence-electron chi connectivity index (χ0n) is 11.6. The van der Waals surface area contributed by atoms with Crippen molar-refractivity contribution in [1.29, 1.82) is 0 Å². The Bertz CT molecular complexity index is 648. The summed E-state index contributed by atoms with van der Waals surface area (Å²) in [6.45, 7) is 0. The lowest BCUT2D eigenvalue weighted by Gasteiger charge is -2.11. The highest BCUT2D eigenvalue weighted by Gasteiger charge is 2.41. The first kappa shape index (κ1) is 17.7. The molecule has 0 aliphatic carbocycles. The second-order valence-corrected chi connectivity index (χ2v) is 6.92. The number of hydrogen-bond donors (Lipinski definition) is 3. The minimum absolute atomic E-state index is 0.291. The lowest BCUT2D eigenvalue weighted by atomic mass is 10.2. The van der Waals surface area contributed by atoms with E-state index in [2.05, 4.69) is 5.32 Å². The highest BCUT2D eigenvalue weighted by atomic mass is 31.1. The van der Waals surface area contributed by atoms with Crippen LogP contribution in [0, 0.1) is 11.6 Å². The number of benzene rings is 2. The van der Waals surface area contributed by atoms with Gasteiger partial charge in [0, 0.05) is 11.1 Å². The Labute approximate surface area is 132 Å². The number of hydrogen-bond acceptors (Lipinski definition) is 3. The van der Waals surface area contributed by atoms with Crippen LogP contribution in [0.2, 0.25) is 0 Å². The van der Waals surface area contributed by atoms with E-state index in [4.69, 9.17) is 0 Å². The monoisotopic (exact) mass is 359 g/mol. The summed E-state index contributed by atoms with van der Waals surface area (Å²) in [6.07, 6.45) is 0. The third-order valence-electron chi connectivity index (χ3n) is 3.13. The average molecular weight is 359 g/mol. The molecule has 2 unspecified atom stereocenters. The molecular formula is C14H13F2NO4P2+2. The summed E-state index contributed by atoms with van der Waals surface area (Å²) >= 11 is 0. The quantitative estimate of drug-likeness (QED) is 0.685. The highest BCUT2D eigenvalue weighted by Crippen LogP contribution is 2.43. The molecule has 0 aromatic heterocycles. The van der Waals surface area contributed by atoms with Crippen molar-refractivity contribution in [1.82, 2.24) is 5.32 Å². The fourth-order valence-corrected chi connectivity index (χ4v) is 3.54. The third-order valence-corrected chi connectivity index (χ3v) is 4.91. The van der Waals surface area contributed by atoms with Crippen molar-refractivity contribution in [2.75, 3.05) is 0 Å². The average Bonchev–Trinajstić information content (AvgIpc) is 2.50. The van der Waals surface area contributed by atoms with E-state index in [0.29, 0.717) is 11.1 Å². The Morgan fingerprint density at radius 1 is 0.739 bits per heavy atom. The van der Waals surface area contributed by atoms with Crippen molar-refractivity contribution in [3.8, 4) is 0 Å². The van der Waals surface area contributed by atoms with Gasteiger partial charge in [-0.05, 0) is 33.4 Å². The molecule has 120 valence electrons. The predicted molar refractivity (Wildman–Crippen MR) is 81.1 cm³/mol. The topological polar surface area (TPSA) is 86.6 Å². The van der Waals surface area contributed by atoms with Crippen molar-refractivity contribution in [2.24, 2.45) is 0 Å². The van der Waals surface area contributed by atoms with Crippen molar-refractivity contribution in [3.05, 3.63) is 71.3 Å². The third kappa shape index (κ3) is 4.67. The summed E-state index contributed by atoms with van der Waals surface area (Å²) in [6, 6.07) is 9.71. The van der Waals surface area contributed by atoms with Gasteiger partial charge >= 0.3 is 16.1 Å². The molecule has 0 radical (unpaired) electrons. The van der Waals surface area contributed by atoms with Gasteiger partial charge in [0.25, 0.3) is 11.6 Å². The van der Waals surface area contributed by atoms with Crippen LogP contribution in [0.5, 0.6) is 0 Å². The van der Waals surface area contributed by atoms with Gasteiger partial charge in [-0.1, -0.05) is 24.3 Å². The normalized spacial score (nSPS) is 15.0. The fraction of sp³-hybridized carbons (Fsp3) is 0.143. The molecule has 0 saturated heterocycles. The highest BCUT2D eigenvalue weighted by molar-refractivity contribution is 7.39. The first-order valence-corrected chi connectivity index (χ1v) is 9.02. The van der Waals surface area contributed by atoms with Crippen LogP contribution in [-0.4, -0.2) is 9.79 Å². The number of nitrogens with one attached hydrogen (secondary N) is 1. The molecule has 0 aliphatic heterocycles. The van der Waals surface area contributed by atoms with Gasteiger partial charge in [-0.3, -0.25) is 0 Å². The molecule has 9 heteroatoms. The van der Waals surface area contributed by atoms with Crippen LogP contribution in [0.25, 0.3) is 0 Å². The van der Waals surface area contributed by atoms with E-state index < -0.39 is 39.3 Å². The Morgan fingerprint density at radius 3 is 1.30 bits per heavy atom. The lowest BCUT2D eigenvalue weighted by molar-refractivity contribution is 0.450. The van der Waals surface area contributed by atoms with E-state index >= 15 is 0 Å². The maximum atomic E-state index is 13.0. The van der Waals surface area contributed by atoms with E-state index in [0.717, 1.165) is 24.3 Å². The molecule has 2 rings (SSSR count). The lowest BCUT2D eigenvalue weighted by Crippen LogP contribution is -2.22. The van der Waals surface area contributed by atoms with Crippen LogP contribution in [0.3, 0.4) is 0 Å². The van der Waals surface area contributed by atoms with Crippen LogP contribution >= 0.6 is 16.1 Å². The minimum Gasteiger partial charge on any atom is -0.216 e. The van der Waals surface area contributed by atoms with Crippen LogP contribution in [-0.2, 0) is 9.13 Å². The summed E-state index contributed by atoms with van der Waals surface area (Å²) in [5, 5.41) is 2.61. The molecule has 2 aromatic carbocycles. The summed E-state index contributed by atoms with van der Waals surface area (Å²) in [7, 11) is -5.60. The Balaban J connectivity index is 2.31.